The van der Waals surface area contributed by atoms with Gasteiger partial charge in [-0.15, -0.1) is 0 Å². The van der Waals surface area contributed by atoms with Crippen LogP contribution in [0.4, 0.5) is 8.78 Å². The third-order valence-electron chi connectivity index (χ3n) is 2.22. The number of hydrogen-bond donors (Lipinski definition) is 0. The van der Waals surface area contributed by atoms with Crippen LogP contribution in [-0.4, -0.2) is 29.8 Å². The molecule has 0 radical (unpaired) electrons. The first-order chi connectivity index (χ1) is 6.98. The van der Waals surface area contributed by atoms with Gasteiger partial charge >= 0.3 is 0 Å². The minimum Gasteiger partial charge on any atom is -0.326 e. The Balaban J connectivity index is 2.07. The molecule has 1 aromatic rings. The zero-order valence-corrected chi connectivity index (χ0v) is 9.30. The van der Waals surface area contributed by atoms with E-state index in [1.807, 2.05) is 0 Å². The minimum atomic E-state index is -2.70. The number of alkyl halides is 2. The molecular weight excluding hydrogens is 268 g/mol. The van der Waals surface area contributed by atoms with Crippen molar-refractivity contribution in [1.82, 2.24) is 4.90 Å². The molecule has 80 valence electrons. The van der Waals surface area contributed by atoms with Crippen LogP contribution < -0.4 is 0 Å². The highest BCUT2D eigenvalue weighted by Gasteiger charge is 2.46. The minimum absolute atomic E-state index is 0.339. The van der Waals surface area contributed by atoms with E-state index in [9.17, 15) is 13.6 Å². The normalized spacial score (nSPS) is 18.5. The van der Waals surface area contributed by atoms with Gasteiger partial charge in [0.15, 0.2) is 0 Å². The zero-order valence-electron chi connectivity index (χ0n) is 7.71. The van der Waals surface area contributed by atoms with Gasteiger partial charge in [0.2, 0.25) is 0 Å². The van der Waals surface area contributed by atoms with E-state index in [2.05, 4.69) is 15.9 Å². The number of nitrogens with zero attached hydrogens (tertiary/aromatic N) is 1. The lowest BCUT2D eigenvalue weighted by molar-refractivity contribution is -0.113. The number of likely N-dealkylation sites (tertiary alicyclic amines) is 1. The first-order valence-electron chi connectivity index (χ1n) is 4.41. The molecule has 1 saturated heterocycles. The molecule has 2 nitrogen and oxygen atoms in total. The van der Waals surface area contributed by atoms with Crippen molar-refractivity contribution < 1.29 is 13.6 Å². The van der Waals surface area contributed by atoms with Crippen molar-refractivity contribution in [2.75, 3.05) is 13.1 Å². The molecule has 1 amide bonds. The molecule has 1 fully saturated rings. The predicted octanol–water partition coefficient (Wildman–Crippen LogP) is 2.54. The average Bonchev–Trinajstić information content (AvgIpc) is 2.14. The fraction of sp³-hybridized carbons (Fsp3) is 0.300. The second-order valence-corrected chi connectivity index (χ2v) is 4.44. The Morgan fingerprint density at radius 1 is 1.27 bits per heavy atom. The maximum Gasteiger partial charge on any atom is 0.282 e. The Bertz CT molecular complexity index is 383. The Hall–Kier alpha value is -0.970. The van der Waals surface area contributed by atoms with E-state index in [4.69, 9.17) is 0 Å². The van der Waals surface area contributed by atoms with Crippen LogP contribution in [-0.2, 0) is 0 Å². The predicted molar refractivity (Wildman–Crippen MR) is 55.0 cm³/mol. The van der Waals surface area contributed by atoms with Gasteiger partial charge in [-0.2, -0.15) is 0 Å². The van der Waals surface area contributed by atoms with Crippen molar-refractivity contribution in [2.24, 2.45) is 0 Å². The summed E-state index contributed by atoms with van der Waals surface area (Å²) in [7, 11) is 0. The highest BCUT2D eigenvalue weighted by Crippen LogP contribution is 2.28. The maximum absolute atomic E-state index is 12.5. The maximum atomic E-state index is 12.5. The molecule has 0 saturated carbocycles. The average molecular weight is 276 g/mol. The number of rotatable bonds is 1. The van der Waals surface area contributed by atoms with Crippen LogP contribution >= 0.6 is 15.9 Å². The van der Waals surface area contributed by atoms with Gasteiger partial charge in [-0.3, -0.25) is 4.79 Å². The standard InChI is InChI=1S/C10H8BrF2NO/c11-8-3-1-7(2-4-8)9(15)14-5-10(12,13)6-14/h1-4H,5-6H2. The van der Waals surface area contributed by atoms with Gasteiger partial charge in [0.1, 0.15) is 0 Å². The number of hydrogen-bond acceptors (Lipinski definition) is 1. The summed E-state index contributed by atoms with van der Waals surface area (Å²) in [6.07, 6.45) is 0. The van der Waals surface area contributed by atoms with Gasteiger partial charge in [0.25, 0.3) is 11.8 Å². The molecule has 0 bridgehead atoms. The summed E-state index contributed by atoms with van der Waals surface area (Å²) < 4.78 is 25.9. The Labute approximate surface area is 94.0 Å². The Morgan fingerprint density at radius 2 is 1.80 bits per heavy atom. The van der Waals surface area contributed by atoms with Crippen molar-refractivity contribution in [3.05, 3.63) is 34.3 Å². The monoisotopic (exact) mass is 275 g/mol. The number of carbonyl (C=O) groups excluding carboxylic acids is 1. The molecule has 1 heterocycles. The summed E-state index contributed by atoms with van der Waals surface area (Å²) in [6, 6.07) is 6.65. The van der Waals surface area contributed by atoms with Crippen molar-refractivity contribution in [1.29, 1.82) is 0 Å². The first-order valence-corrected chi connectivity index (χ1v) is 5.20. The summed E-state index contributed by atoms with van der Waals surface area (Å²) in [5, 5.41) is 0. The lowest BCUT2D eigenvalue weighted by Gasteiger charge is -2.38. The highest BCUT2D eigenvalue weighted by atomic mass is 79.9. The van der Waals surface area contributed by atoms with Crippen LogP contribution in [0, 0.1) is 0 Å². The molecule has 1 aliphatic rings. The summed E-state index contributed by atoms with van der Waals surface area (Å²) in [5.41, 5.74) is 0.439. The molecule has 1 aromatic carbocycles. The number of carbonyl (C=O) groups is 1. The molecule has 0 N–H and O–H groups in total. The number of amides is 1. The molecule has 1 aliphatic heterocycles. The second kappa shape index (κ2) is 3.56. The number of benzene rings is 1. The third-order valence-corrected chi connectivity index (χ3v) is 2.75. The second-order valence-electron chi connectivity index (χ2n) is 3.52. The molecule has 0 unspecified atom stereocenters. The lowest BCUT2D eigenvalue weighted by Crippen LogP contribution is -2.58. The molecule has 0 atom stereocenters. The molecule has 0 aliphatic carbocycles. The molecule has 5 heteroatoms. The molecule has 15 heavy (non-hydrogen) atoms. The Morgan fingerprint density at radius 3 is 2.27 bits per heavy atom. The SMILES string of the molecule is O=C(c1ccc(Br)cc1)N1CC(F)(F)C1. The van der Waals surface area contributed by atoms with Gasteiger partial charge in [0, 0.05) is 10.0 Å². The van der Waals surface area contributed by atoms with Gasteiger partial charge in [-0.25, -0.2) is 8.78 Å². The summed E-state index contributed by atoms with van der Waals surface area (Å²) in [4.78, 5) is 12.7. The van der Waals surface area contributed by atoms with Crippen LogP contribution in [0.3, 0.4) is 0 Å². The Kier molecular flexibility index (Phi) is 2.50. The van der Waals surface area contributed by atoms with Crippen LogP contribution in [0.2, 0.25) is 0 Å². The third kappa shape index (κ3) is 2.17. The molecule has 0 spiro atoms. The molecular formula is C10H8BrF2NO. The van der Waals surface area contributed by atoms with Gasteiger partial charge in [0.05, 0.1) is 13.1 Å². The van der Waals surface area contributed by atoms with Crippen LogP contribution in [0.15, 0.2) is 28.7 Å². The smallest absolute Gasteiger partial charge is 0.282 e. The van der Waals surface area contributed by atoms with Crippen LogP contribution in [0.5, 0.6) is 0 Å². The van der Waals surface area contributed by atoms with Crippen molar-refractivity contribution in [2.45, 2.75) is 5.92 Å². The molecule has 2 rings (SSSR count). The van der Waals surface area contributed by atoms with E-state index in [-0.39, 0.29) is 5.91 Å². The topological polar surface area (TPSA) is 20.3 Å². The van der Waals surface area contributed by atoms with Crippen molar-refractivity contribution >= 4 is 21.8 Å². The van der Waals surface area contributed by atoms with E-state index < -0.39 is 19.0 Å². The summed E-state index contributed by atoms with van der Waals surface area (Å²) >= 11 is 3.24. The van der Waals surface area contributed by atoms with E-state index in [1.54, 1.807) is 24.3 Å². The van der Waals surface area contributed by atoms with Crippen molar-refractivity contribution in [3.8, 4) is 0 Å². The fourth-order valence-corrected chi connectivity index (χ4v) is 1.70. The zero-order chi connectivity index (χ0) is 11.1. The largest absolute Gasteiger partial charge is 0.326 e. The highest BCUT2D eigenvalue weighted by molar-refractivity contribution is 9.10. The first kappa shape index (κ1) is 10.5. The van der Waals surface area contributed by atoms with Gasteiger partial charge < -0.3 is 4.90 Å². The van der Waals surface area contributed by atoms with Gasteiger partial charge in [-0.05, 0) is 24.3 Å². The molecule has 0 aromatic heterocycles. The van der Waals surface area contributed by atoms with E-state index in [0.717, 1.165) is 9.37 Å². The summed E-state index contributed by atoms with van der Waals surface area (Å²) in [5.74, 6) is -3.04. The van der Waals surface area contributed by atoms with Crippen LogP contribution in [0.1, 0.15) is 10.4 Å². The van der Waals surface area contributed by atoms with Crippen LogP contribution in [0.25, 0.3) is 0 Å². The van der Waals surface area contributed by atoms with Crippen molar-refractivity contribution in [3.63, 3.8) is 0 Å². The summed E-state index contributed by atoms with van der Waals surface area (Å²) in [6.45, 7) is -0.941. The van der Waals surface area contributed by atoms with E-state index in [0.29, 0.717) is 5.56 Å². The number of halogens is 3. The fourth-order valence-electron chi connectivity index (χ4n) is 1.43. The van der Waals surface area contributed by atoms with Gasteiger partial charge in [-0.1, -0.05) is 15.9 Å². The van der Waals surface area contributed by atoms with E-state index >= 15 is 0 Å². The lowest BCUT2D eigenvalue weighted by atomic mass is 10.1. The van der Waals surface area contributed by atoms with E-state index in [1.165, 1.54) is 0 Å². The quantitative estimate of drug-likeness (QED) is 0.772.